The van der Waals surface area contributed by atoms with Crippen molar-refractivity contribution < 1.29 is 4.79 Å². The normalized spacial score (nSPS) is 11.2. The Morgan fingerprint density at radius 2 is 1.96 bits per heavy atom. The molecule has 0 aliphatic heterocycles. The van der Waals surface area contributed by atoms with Gasteiger partial charge in [0, 0.05) is 25.5 Å². The number of hydrogen-bond acceptors (Lipinski definition) is 6. The van der Waals surface area contributed by atoms with Crippen molar-refractivity contribution in [1.82, 2.24) is 19.9 Å². The molecule has 1 aromatic carbocycles. The van der Waals surface area contributed by atoms with Crippen LogP contribution in [0.5, 0.6) is 0 Å². The Morgan fingerprint density at radius 3 is 2.64 bits per heavy atom. The van der Waals surface area contributed by atoms with Crippen molar-refractivity contribution in [3.63, 3.8) is 0 Å². The largest absolute Gasteiger partial charge is 0.308 e. The van der Waals surface area contributed by atoms with Gasteiger partial charge in [0.15, 0.2) is 5.13 Å². The van der Waals surface area contributed by atoms with E-state index < -0.39 is 0 Å². The van der Waals surface area contributed by atoms with Crippen LogP contribution in [0.1, 0.15) is 21.6 Å². The van der Waals surface area contributed by atoms with Crippen LogP contribution < -0.4 is 4.90 Å². The van der Waals surface area contributed by atoms with Gasteiger partial charge in [-0.15, -0.1) is 0 Å². The van der Waals surface area contributed by atoms with Crippen molar-refractivity contribution in [2.24, 2.45) is 0 Å². The molecule has 2 aromatic heterocycles. The molecule has 2 heterocycles. The number of nitrogens with zero attached hydrogens (tertiary/aromatic N) is 5. The SMILES string of the molecule is Cc1ccc2sc(N(CCN(C)C)C(=O)c3cnccn3)nc2c1C. The molecule has 0 aliphatic carbocycles. The number of anilines is 1. The number of rotatable bonds is 5. The van der Waals surface area contributed by atoms with Crippen LogP contribution >= 0.6 is 11.3 Å². The van der Waals surface area contributed by atoms with Gasteiger partial charge in [-0.2, -0.15) is 0 Å². The number of amides is 1. The Labute approximate surface area is 151 Å². The number of carbonyl (C=O) groups excluding carboxylic acids is 1. The van der Waals surface area contributed by atoms with Crippen molar-refractivity contribution in [1.29, 1.82) is 0 Å². The van der Waals surface area contributed by atoms with Crippen LogP contribution in [-0.2, 0) is 0 Å². The number of likely N-dealkylation sites (N-methyl/N-ethyl adjacent to an activating group) is 1. The molecule has 0 saturated heterocycles. The highest BCUT2D eigenvalue weighted by Crippen LogP contribution is 2.32. The van der Waals surface area contributed by atoms with Gasteiger partial charge in [-0.25, -0.2) is 9.97 Å². The summed E-state index contributed by atoms with van der Waals surface area (Å²) in [6.07, 6.45) is 4.59. The number of benzene rings is 1. The quantitative estimate of drug-likeness (QED) is 0.704. The van der Waals surface area contributed by atoms with Crippen molar-refractivity contribution >= 4 is 32.6 Å². The van der Waals surface area contributed by atoms with Gasteiger partial charge >= 0.3 is 0 Å². The lowest BCUT2D eigenvalue weighted by atomic mass is 10.1. The summed E-state index contributed by atoms with van der Waals surface area (Å²) in [6.45, 7) is 5.42. The first-order valence-electron chi connectivity index (χ1n) is 8.06. The summed E-state index contributed by atoms with van der Waals surface area (Å²) in [6, 6.07) is 4.16. The topological polar surface area (TPSA) is 62.2 Å². The first kappa shape index (κ1) is 17.4. The van der Waals surface area contributed by atoms with Crippen molar-refractivity contribution in [2.75, 3.05) is 32.1 Å². The molecule has 0 atom stereocenters. The third kappa shape index (κ3) is 3.67. The number of carbonyl (C=O) groups is 1. The summed E-state index contributed by atoms with van der Waals surface area (Å²) in [5, 5.41) is 0.696. The zero-order valence-electron chi connectivity index (χ0n) is 14.9. The van der Waals surface area contributed by atoms with E-state index in [1.807, 2.05) is 19.0 Å². The number of aryl methyl sites for hydroxylation is 2. The Morgan fingerprint density at radius 1 is 1.16 bits per heavy atom. The van der Waals surface area contributed by atoms with Gasteiger partial charge in [0.25, 0.3) is 5.91 Å². The minimum Gasteiger partial charge on any atom is -0.308 e. The Kier molecular flexibility index (Phi) is 5.06. The van der Waals surface area contributed by atoms with Crippen LogP contribution in [0, 0.1) is 13.8 Å². The highest BCUT2D eigenvalue weighted by Gasteiger charge is 2.23. The van der Waals surface area contributed by atoms with E-state index in [-0.39, 0.29) is 5.91 Å². The molecule has 1 amide bonds. The minimum absolute atomic E-state index is 0.177. The van der Waals surface area contributed by atoms with Gasteiger partial charge in [0.05, 0.1) is 16.4 Å². The molecule has 7 heteroatoms. The molecule has 0 spiro atoms. The summed E-state index contributed by atoms with van der Waals surface area (Å²) in [4.78, 5) is 29.6. The zero-order chi connectivity index (χ0) is 18.0. The van der Waals surface area contributed by atoms with Gasteiger partial charge in [-0.05, 0) is 45.1 Å². The monoisotopic (exact) mass is 355 g/mol. The highest BCUT2D eigenvalue weighted by molar-refractivity contribution is 7.22. The molecule has 0 bridgehead atoms. The second-order valence-electron chi connectivity index (χ2n) is 6.20. The lowest BCUT2D eigenvalue weighted by Gasteiger charge is -2.21. The van der Waals surface area contributed by atoms with E-state index in [4.69, 9.17) is 4.98 Å². The lowest BCUT2D eigenvalue weighted by molar-refractivity contribution is 0.0980. The minimum atomic E-state index is -0.177. The maximum absolute atomic E-state index is 13.0. The number of aromatic nitrogens is 3. The molecular formula is C18H21N5OS. The Bertz CT molecular complexity index is 891. The van der Waals surface area contributed by atoms with Crippen molar-refractivity contribution in [2.45, 2.75) is 13.8 Å². The first-order chi connectivity index (χ1) is 12.0. The molecule has 6 nitrogen and oxygen atoms in total. The molecule has 0 fully saturated rings. The zero-order valence-corrected chi connectivity index (χ0v) is 15.7. The van der Waals surface area contributed by atoms with Crippen LogP contribution in [0.4, 0.5) is 5.13 Å². The maximum atomic E-state index is 13.0. The molecular weight excluding hydrogens is 334 g/mol. The molecule has 0 radical (unpaired) electrons. The van der Waals surface area contributed by atoms with Crippen LogP contribution in [0.3, 0.4) is 0 Å². The molecule has 130 valence electrons. The fourth-order valence-corrected chi connectivity index (χ4v) is 3.51. The third-order valence-corrected chi connectivity index (χ3v) is 5.15. The van der Waals surface area contributed by atoms with Crippen LogP contribution in [-0.4, -0.2) is 52.9 Å². The molecule has 0 aliphatic rings. The average molecular weight is 355 g/mol. The van der Waals surface area contributed by atoms with E-state index in [9.17, 15) is 4.79 Å². The molecule has 3 rings (SSSR count). The van der Waals surface area contributed by atoms with Gasteiger partial charge in [0.1, 0.15) is 5.69 Å². The molecule has 0 N–H and O–H groups in total. The predicted molar refractivity (Wildman–Crippen MR) is 101 cm³/mol. The average Bonchev–Trinajstić information content (AvgIpc) is 3.03. The second-order valence-corrected chi connectivity index (χ2v) is 7.21. The molecule has 25 heavy (non-hydrogen) atoms. The van der Waals surface area contributed by atoms with Crippen LogP contribution in [0.15, 0.2) is 30.7 Å². The van der Waals surface area contributed by atoms with Gasteiger partial charge in [-0.3, -0.25) is 14.7 Å². The van der Waals surface area contributed by atoms with Gasteiger partial charge in [-0.1, -0.05) is 17.4 Å². The molecule has 0 saturated carbocycles. The van der Waals surface area contributed by atoms with Crippen LogP contribution in [0.2, 0.25) is 0 Å². The van der Waals surface area contributed by atoms with E-state index in [0.29, 0.717) is 17.4 Å². The third-order valence-electron chi connectivity index (χ3n) is 4.10. The number of hydrogen-bond donors (Lipinski definition) is 0. The summed E-state index contributed by atoms with van der Waals surface area (Å²) in [5.74, 6) is -0.177. The smallest absolute Gasteiger partial charge is 0.280 e. The van der Waals surface area contributed by atoms with E-state index in [1.54, 1.807) is 11.1 Å². The Hall–Kier alpha value is -2.38. The van der Waals surface area contributed by atoms with Gasteiger partial charge in [0.2, 0.25) is 0 Å². The van der Waals surface area contributed by atoms with Crippen LogP contribution in [0.25, 0.3) is 10.2 Å². The fourth-order valence-electron chi connectivity index (χ4n) is 2.46. The van der Waals surface area contributed by atoms with E-state index in [0.717, 1.165) is 22.3 Å². The molecule has 0 unspecified atom stereocenters. The van der Waals surface area contributed by atoms with Crippen molar-refractivity contribution in [3.05, 3.63) is 47.5 Å². The Balaban J connectivity index is 2.02. The second kappa shape index (κ2) is 7.25. The standard InChI is InChI=1S/C18H21N5OS/c1-12-5-6-15-16(13(12)2)21-18(25-15)23(10-9-22(3)4)17(24)14-11-19-7-8-20-14/h5-8,11H,9-10H2,1-4H3. The summed E-state index contributed by atoms with van der Waals surface area (Å²) in [5.41, 5.74) is 3.64. The summed E-state index contributed by atoms with van der Waals surface area (Å²) >= 11 is 1.53. The summed E-state index contributed by atoms with van der Waals surface area (Å²) < 4.78 is 1.08. The maximum Gasteiger partial charge on any atom is 0.280 e. The first-order valence-corrected chi connectivity index (χ1v) is 8.88. The number of fused-ring (bicyclic) bond motifs is 1. The van der Waals surface area contributed by atoms with E-state index in [1.165, 1.54) is 29.3 Å². The molecule has 3 aromatic rings. The fraction of sp³-hybridized carbons (Fsp3) is 0.333. The highest BCUT2D eigenvalue weighted by atomic mass is 32.1. The summed E-state index contributed by atoms with van der Waals surface area (Å²) in [7, 11) is 3.97. The lowest BCUT2D eigenvalue weighted by Crippen LogP contribution is -2.37. The van der Waals surface area contributed by atoms with Crippen molar-refractivity contribution in [3.8, 4) is 0 Å². The van der Waals surface area contributed by atoms with E-state index in [2.05, 4.69) is 35.9 Å². The van der Waals surface area contributed by atoms with Gasteiger partial charge < -0.3 is 4.90 Å². The van der Waals surface area contributed by atoms with E-state index >= 15 is 0 Å². The predicted octanol–water partition coefficient (Wildman–Crippen LogP) is 2.91. The number of thiazole rings is 1.